The summed E-state index contributed by atoms with van der Waals surface area (Å²) in [7, 11) is 0. The first-order valence-corrected chi connectivity index (χ1v) is 1.86. The minimum Gasteiger partial charge on any atom is -0.550 e. The molecule has 8 heavy (non-hydrogen) atoms. The summed E-state index contributed by atoms with van der Waals surface area (Å²) in [5.74, 6) is 2.33. The number of carbonyl (C=O) groups is 2. The number of carboxylic acid groups (broad SMARTS) is 1. The Hall–Kier alpha value is -1.10. The van der Waals surface area contributed by atoms with Crippen LogP contribution in [0.3, 0.4) is 0 Å². The molecule has 3 N–H and O–H groups in total. The number of rotatable bonds is 2. The molecule has 1 amide bonds. The van der Waals surface area contributed by atoms with Gasteiger partial charge in [-0.05, 0) is 0 Å². The van der Waals surface area contributed by atoms with Crippen LogP contribution < -0.4 is 16.4 Å². The third-order valence-corrected chi connectivity index (χ3v) is 0.466. The Morgan fingerprint density at radius 1 is 1.62 bits per heavy atom. The van der Waals surface area contributed by atoms with Gasteiger partial charge in [0, 0.05) is 0 Å². The van der Waals surface area contributed by atoms with Gasteiger partial charge >= 0.3 is 0 Å². The van der Waals surface area contributed by atoms with E-state index in [-0.39, 0.29) is 0 Å². The summed E-state index contributed by atoms with van der Waals surface area (Å²) < 4.78 is 0. The molecule has 46 valence electrons. The second kappa shape index (κ2) is 2.98. The number of hydrogen-bond acceptors (Lipinski definition) is 4. The zero-order valence-corrected chi connectivity index (χ0v) is 4.01. The first kappa shape index (κ1) is 6.90. The molecular weight excluding hydrogens is 112 g/mol. The van der Waals surface area contributed by atoms with Crippen molar-refractivity contribution < 1.29 is 14.7 Å². The molecular formula is C3H5N2O3-. The number of nitrogens with one attached hydrogen (secondary N) is 1. The maximum Gasteiger partial charge on any atom is 0.239 e. The zero-order valence-electron chi connectivity index (χ0n) is 4.01. The van der Waals surface area contributed by atoms with Crippen molar-refractivity contribution in [3.63, 3.8) is 0 Å². The van der Waals surface area contributed by atoms with Gasteiger partial charge in [-0.2, -0.15) is 0 Å². The highest BCUT2D eigenvalue weighted by atomic mass is 16.4. The van der Waals surface area contributed by atoms with Crippen LogP contribution in [0.25, 0.3) is 0 Å². The smallest absolute Gasteiger partial charge is 0.239 e. The number of amides is 1. The predicted molar refractivity (Wildman–Crippen MR) is 22.0 cm³/mol. The third kappa shape index (κ3) is 3.10. The molecule has 0 bridgehead atoms. The topological polar surface area (TPSA) is 95.2 Å². The van der Waals surface area contributed by atoms with Crippen molar-refractivity contribution in [1.29, 1.82) is 0 Å². The fourth-order valence-electron chi connectivity index (χ4n) is 0.182. The lowest BCUT2D eigenvalue weighted by Crippen LogP contribution is -2.35. The van der Waals surface area contributed by atoms with Gasteiger partial charge in [-0.15, -0.1) is 0 Å². The minimum absolute atomic E-state index is 0.684. The molecule has 5 heteroatoms. The number of hydrazine groups is 1. The molecule has 0 aliphatic carbocycles. The Kier molecular flexibility index (Phi) is 2.57. The Labute approximate surface area is 45.4 Å². The highest BCUT2D eigenvalue weighted by molar-refractivity contribution is 5.91. The molecule has 0 aliphatic heterocycles. The largest absolute Gasteiger partial charge is 0.550 e. The molecule has 0 unspecified atom stereocenters. The first-order chi connectivity index (χ1) is 3.66. The lowest BCUT2D eigenvalue weighted by Gasteiger charge is -1.97. The van der Waals surface area contributed by atoms with Gasteiger partial charge in [0.1, 0.15) is 0 Å². The summed E-state index contributed by atoms with van der Waals surface area (Å²) in [5, 5.41) is 9.54. The molecule has 0 fully saturated rings. The fraction of sp³-hybridized carbons (Fsp3) is 0.333. The SMILES string of the molecule is NNC(=O)CC(=O)[O-]. The number of hydrogen-bond donors (Lipinski definition) is 2. The third-order valence-electron chi connectivity index (χ3n) is 0.466. The lowest BCUT2D eigenvalue weighted by molar-refractivity contribution is -0.304. The van der Waals surface area contributed by atoms with E-state index in [1.54, 1.807) is 5.43 Å². The highest BCUT2D eigenvalue weighted by Gasteiger charge is 1.94. The van der Waals surface area contributed by atoms with E-state index < -0.39 is 18.3 Å². The number of aliphatic carboxylic acids is 1. The minimum atomic E-state index is -1.44. The van der Waals surface area contributed by atoms with Gasteiger partial charge in [0.05, 0.1) is 12.4 Å². The Morgan fingerprint density at radius 3 is 2.25 bits per heavy atom. The van der Waals surface area contributed by atoms with Gasteiger partial charge in [-0.25, -0.2) is 5.84 Å². The normalized spacial score (nSPS) is 8.12. The monoisotopic (exact) mass is 117 g/mol. The Balaban J connectivity index is 3.40. The number of carbonyl (C=O) groups excluding carboxylic acids is 2. The Bertz CT molecular complexity index is 111. The first-order valence-electron chi connectivity index (χ1n) is 1.86. The van der Waals surface area contributed by atoms with E-state index in [2.05, 4.69) is 5.84 Å². The molecule has 0 saturated carbocycles. The van der Waals surface area contributed by atoms with Crippen molar-refractivity contribution in [2.45, 2.75) is 6.42 Å². The maximum atomic E-state index is 9.97. The van der Waals surface area contributed by atoms with Crippen LogP contribution in [0.2, 0.25) is 0 Å². The van der Waals surface area contributed by atoms with Gasteiger partial charge in [0.15, 0.2) is 0 Å². The van der Waals surface area contributed by atoms with Gasteiger partial charge in [-0.1, -0.05) is 0 Å². The van der Waals surface area contributed by atoms with Crippen LogP contribution in [0.4, 0.5) is 0 Å². The second-order valence-electron chi connectivity index (χ2n) is 1.12. The van der Waals surface area contributed by atoms with Crippen LogP contribution in [0.1, 0.15) is 6.42 Å². The number of carboxylic acids is 1. The summed E-state index contributed by atoms with van der Waals surface area (Å²) in [6.45, 7) is 0. The van der Waals surface area contributed by atoms with Gasteiger partial charge in [0.2, 0.25) is 5.91 Å². The average Bonchev–Trinajstić information content (AvgIpc) is 1.65. The molecule has 5 nitrogen and oxygen atoms in total. The quantitative estimate of drug-likeness (QED) is 0.176. The number of nitrogens with two attached hydrogens (primary N) is 1. The van der Waals surface area contributed by atoms with E-state index in [0.717, 1.165) is 0 Å². The average molecular weight is 117 g/mol. The van der Waals surface area contributed by atoms with Crippen molar-refractivity contribution in [1.82, 2.24) is 5.43 Å². The van der Waals surface area contributed by atoms with Crippen molar-refractivity contribution >= 4 is 11.9 Å². The standard InChI is InChI=1S/C3H6N2O3/c4-5-2(6)1-3(7)8/h1,4H2,(H,5,6)(H,7,8)/p-1. The van der Waals surface area contributed by atoms with E-state index in [9.17, 15) is 14.7 Å². The van der Waals surface area contributed by atoms with Crippen LogP contribution in [0, 0.1) is 0 Å². The Morgan fingerprint density at radius 2 is 2.12 bits per heavy atom. The van der Waals surface area contributed by atoms with Crippen LogP contribution in [0.5, 0.6) is 0 Å². The summed E-state index contributed by atoms with van der Waals surface area (Å²) >= 11 is 0. The molecule has 0 aromatic rings. The second-order valence-corrected chi connectivity index (χ2v) is 1.12. The van der Waals surface area contributed by atoms with Gasteiger partial charge in [0.25, 0.3) is 0 Å². The maximum absolute atomic E-state index is 9.97. The summed E-state index contributed by atoms with van der Waals surface area (Å²) in [6.07, 6.45) is -0.684. The molecule has 0 rings (SSSR count). The van der Waals surface area contributed by atoms with Crippen molar-refractivity contribution in [3.05, 3.63) is 0 Å². The van der Waals surface area contributed by atoms with E-state index in [1.807, 2.05) is 0 Å². The molecule has 0 heterocycles. The molecule has 0 radical (unpaired) electrons. The fourth-order valence-corrected chi connectivity index (χ4v) is 0.182. The van der Waals surface area contributed by atoms with E-state index in [0.29, 0.717) is 0 Å². The predicted octanol–water partition coefficient (Wildman–Crippen LogP) is -2.88. The highest BCUT2D eigenvalue weighted by Crippen LogP contribution is 1.70. The van der Waals surface area contributed by atoms with Crippen molar-refractivity contribution in [2.75, 3.05) is 0 Å². The van der Waals surface area contributed by atoms with Crippen LogP contribution in [-0.4, -0.2) is 11.9 Å². The molecule has 0 aromatic heterocycles. The molecule has 0 spiro atoms. The van der Waals surface area contributed by atoms with Crippen molar-refractivity contribution in [3.8, 4) is 0 Å². The molecule has 0 aliphatic rings. The lowest BCUT2D eigenvalue weighted by atomic mass is 10.4. The molecule has 0 aromatic carbocycles. The van der Waals surface area contributed by atoms with Gasteiger partial charge < -0.3 is 9.90 Å². The summed E-state index contributed by atoms with van der Waals surface area (Å²) in [4.78, 5) is 19.5. The zero-order chi connectivity index (χ0) is 6.57. The van der Waals surface area contributed by atoms with E-state index in [4.69, 9.17) is 0 Å². The van der Waals surface area contributed by atoms with Crippen LogP contribution >= 0.6 is 0 Å². The summed E-state index contributed by atoms with van der Waals surface area (Å²) in [5.41, 5.74) is 1.64. The van der Waals surface area contributed by atoms with Gasteiger partial charge in [-0.3, -0.25) is 10.2 Å². The molecule has 0 saturated heterocycles. The summed E-state index contributed by atoms with van der Waals surface area (Å²) in [6, 6.07) is 0. The van der Waals surface area contributed by atoms with Crippen LogP contribution in [0.15, 0.2) is 0 Å². The van der Waals surface area contributed by atoms with E-state index >= 15 is 0 Å². The van der Waals surface area contributed by atoms with E-state index in [1.165, 1.54) is 0 Å². The molecule has 0 atom stereocenters. The van der Waals surface area contributed by atoms with Crippen LogP contribution in [-0.2, 0) is 9.59 Å². The van der Waals surface area contributed by atoms with Crippen molar-refractivity contribution in [2.24, 2.45) is 5.84 Å².